The number of hydrogen-bond acceptors (Lipinski definition) is 7. The highest BCUT2D eigenvalue weighted by atomic mass is 32.2. The Morgan fingerprint density at radius 3 is 2.44 bits per heavy atom. The summed E-state index contributed by atoms with van der Waals surface area (Å²) in [7, 11) is -4.10. The third kappa shape index (κ3) is 3.02. The van der Waals surface area contributed by atoms with Gasteiger partial charge in [0.2, 0.25) is 16.6 Å². The number of sulfone groups is 1. The summed E-state index contributed by atoms with van der Waals surface area (Å²) in [5, 5.41) is 20.5. The van der Waals surface area contributed by atoms with Gasteiger partial charge < -0.3 is 9.47 Å². The van der Waals surface area contributed by atoms with Gasteiger partial charge in [0.05, 0.1) is 21.4 Å². The second-order valence-corrected chi connectivity index (χ2v) is 6.88. The minimum atomic E-state index is -4.10. The van der Waals surface area contributed by atoms with Gasteiger partial charge in [-0.15, -0.1) is 0 Å². The summed E-state index contributed by atoms with van der Waals surface area (Å²) in [5.74, 6) is 0.430. The van der Waals surface area contributed by atoms with Crippen LogP contribution in [0.3, 0.4) is 0 Å². The maximum absolute atomic E-state index is 12.6. The van der Waals surface area contributed by atoms with Gasteiger partial charge >= 0.3 is 0 Å². The number of nitriles is 1. The van der Waals surface area contributed by atoms with Gasteiger partial charge in [0.25, 0.3) is 5.69 Å². The number of rotatable bonds is 4. The van der Waals surface area contributed by atoms with Crippen molar-refractivity contribution in [3.8, 4) is 17.6 Å². The average molecular weight is 358 g/mol. The zero-order valence-electron chi connectivity index (χ0n) is 12.6. The quantitative estimate of drug-likeness (QED) is 0.468. The van der Waals surface area contributed by atoms with Crippen molar-refractivity contribution in [2.24, 2.45) is 0 Å². The Hall–Kier alpha value is -3.38. The normalized spacial score (nSPS) is 13.3. The van der Waals surface area contributed by atoms with E-state index in [1.807, 2.05) is 0 Å². The van der Waals surface area contributed by atoms with E-state index in [0.29, 0.717) is 0 Å². The van der Waals surface area contributed by atoms with Crippen LogP contribution in [0, 0.1) is 21.4 Å². The third-order valence-electron chi connectivity index (χ3n) is 3.46. The molecule has 0 atom stereocenters. The molecule has 3 rings (SSSR count). The molecule has 0 amide bonds. The Morgan fingerprint density at radius 1 is 1.20 bits per heavy atom. The molecule has 0 aliphatic carbocycles. The van der Waals surface area contributed by atoms with E-state index in [9.17, 15) is 23.8 Å². The van der Waals surface area contributed by atoms with Crippen LogP contribution in [0.2, 0.25) is 0 Å². The summed E-state index contributed by atoms with van der Waals surface area (Å²) in [5.41, 5.74) is -0.453. The van der Waals surface area contributed by atoms with Crippen molar-refractivity contribution in [3.63, 3.8) is 0 Å². The summed E-state index contributed by atoms with van der Waals surface area (Å²) in [6.07, 6.45) is 0.961. The predicted molar refractivity (Wildman–Crippen MR) is 86.4 cm³/mol. The summed E-state index contributed by atoms with van der Waals surface area (Å²) in [6.45, 7) is -0.0902. The zero-order chi connectivity index (χ0) is 18.0. The number of ether oxygens (including phenoxy) is 2. The maximum Gasteiger partial charge on any atom is 0.280 e. The lowest BCUT2D eigenvalue weighted by atomic mass is 10.1. The van der Waals surface area contributed by atoms with Crippen molar-refractivity contribution in [2.45, 2.75) is 4.90 Å². The van der Waals surface area contributed by atoms with E-state index >= 15 is 0 Å². The number of benzene rings is 2. The third-order valence-corrected chi connectivity index (χ3v) is 5.14. The molecule has 0 saturated heterocycles. The number of allylic oxidation sites excluding steroid dienone is 1. The fourth-order valence-electron chi connectivity index (χ4n) is 2.26. The summed E-state index contributed by atoms with van der Waals surface area (Å²) >= 11 is 0. The lowest BCUT2D eigenvalue weighted by molar-refractivity contribution is -0.385. The molecule has 25 heavy (non-hydrogen) atoms. The lowest BCUT2D eigenvalue weighted by Gasteiger charge is -2.04. The predicted octanol–water partition coefficient (Wildman–Crippen LogP) is 2.66. The van der Waals surface area contributed by atoms with Gasteiger partial charge in [-0.05, 0) is 24.3 Å². The molecule has 0 bridgehead atoms. The van der Waals surface area contributed by atoms with Gasteiger partial charge in [-0.2, -0.15) is 5.26 Å². The van der Waals surface area contributed by atoms with E-state index < -0.39 is 19.7 Å². The summed E-state index contributed by atoms with van der Waals surface area (Å²) in [4.78, 5) is 9.89. The molecule has 0 saturated carbocycles. The Morgan fingerprint density at radius 2 is 1.84 bits per heavy atom. The summed E-state index contributed by atoms with van der Waals surface area (Å²) < 4.78 is 35.4. The fraction of sp³-hybridized carbons (Fsp3) is 0.0625. The molecule has 0 fully saturated rings. The van der Waals surface area contributed by atoms with Gasteiger partial charge in [-0.25, -0.2) is 8.42 Å². The topological polar surface area (TPSA) is 120 Å². The monoisotopic (exact) mass is 358 g/mol. The molecule has 2 aromatic carbocycles. The highest BCUT2D eigenvalue weighted by Crippen LogP contribution is 2.39. The Bertz CT molecular complexity index is 1020. The number of nitro benzene ring substituents is 1. The van der Waals surface area contributed by atoms with Crippen molar-refractivity contribution in [1.29, 1.82) is 5.26 Å². The van der Waals surface area contributed by atoms with Crippen LogP contribution < -0.4 is 9.47 Å². The first-order valence-corrected chi connectivity index (χ1v) is 8.42. The molecule has 0 radical (unpaired) electrons. The Kier molecular flexibility index (Phi) is 4.12. The van der Waals surface area contributed by atoms with Gasteiger partial charge in [-0.3, -0.25) is 10.1 Å². The van der Waals surface area contributed by atoms with Crippen LogP contribution in [0.1, 0.15) is 5.56 Å². The van der Waals surface area contributed by atoms with Crippen LogP contribution in [0.5, 0.6) is 11.5 Å². The highest BCUT2D eigenvalue weighted by molar-refractivity contribution is 7.95. The number of fused-ring (bicyclic) bond motifs is 1. The molecular weight excluding hydrogens is 348 g/mol. The van der Waals surface area contributed by atoms with E-state index in [-0.39, 0.29) is 34.4 Å². The van der Waals surface area contributed by atoms with Crippen LogP contribution >= 0.6 is 0 Å². The van der Waals surface area contributed by atoms with Crippen molar-refractivity contribution < 1.29 is 22.8 Å². The lowest BCUT2D eigenvalue weighted by Crippen LogP contribution is -2.03. The molecule has 8 nitrogen and oxygen atoms in total. The molecule has 1 aliphatic rings. The number of nitro groups is 1. The second-order valence-electron chi connectivity index (χ2n) is 4.96. The molecule has 0 aromatic heterocycles. The SMILES string of the molecule is N#C/C(=C\c1cc2c(cc1[N+](=O)[O-])OCO2)S(=O)(=O)c1ccccc1. The van der Waals surface area contributed by atoms with Gasteiger partial charge in [0, 0.05) is 0 Å². The van der Waals surface area contributed by atoms with Crippen LogP contribution in [-0.4, -0.2) is 20.1 Å². The molecule has 0 N–H and O–H groups in total. The Balaban J connectivity index is 2.16. The average Bonchev–Trinajstić information content (AvgIpc) is 3.06. The molecule has 126 valence electrons. The standard InChI is InChI=1S/C16H10N2O6S/c17-9-13(25(21,22)12-4-2-1-3-5-12)6-11-7-15-16(24-10-23-15)8-14(11)18(19)20/h1-8H,10H2/b13-6+. The van der Waals surface area contributed by atoms with Crippen molar-refractivity contribution in [3.05, 3.63) is 63.0 Å². The van der Waals surface area contributed by atoms with E-state index in [1.165, 1.54) is 30.3 Å². The first-order chi connectivity index (χ1) is 11.9. The Labute approximate surface area is 142 Å². The summed E-state index contributed by atoms with van der Waals surface area (Å²) in [6, 6.07) is 11.4. The first-order valence-electron chi connectivity index (χ1n) is 6.93. The van der Waals surface area contributed by atoms with Crippen LogP contribution in [-0.2, 0) is 9.84 Å². The zero-order valence-corrected chi connectivity index (χ0v) is 13.4. The molecule has 1 aliphatic heterocycles. The second kappa shape index (κ2) is 6.26. The fourth-order valence-corrected chi connectivity index (χ4v) is 3.43. The van der Waals surface area contributed by atoms with Crippen LogP contribution in [0.15, 0.2) is 52.3 Å². The van der Waals surface area contributed by atoms with E-state index in [1.54, 1.807) is 12.1 Å². The van der Waals surface area contributed by atoms with Crippen LogP contribution in [0.4, 0.5) is 5.69 Å². The highest BCUT2D eigenvalue weighted by Gasteiger charge is 2.26. The molecule has 1 heterocycles. The maximum atomic E-state index is 12.6. The van der Waals surface area contributed by atoms with E-state index in [4.69, 9.17) is 9.47 Å². The van der Waals surface area contributed by atoms with E-state index in [0.717, 1.165) is 12.1 Å². The van der Waals surface area contributed by atoms with Crippen molar-refractivity contribution in [2.75, 3.05) is 6.79 Å². The van der Waals surface area contributed by atoms with Crippen LogP contribution in [0.25, 0.3) is 6.08 Å². The van der Waals surface area contributed by atoms with Crippen molar-refractivity contribution >= 4 is 21.6 Å². The minimum Gasteiger partial charge on any atom is -0.454 e. The molecule has 0 unspecified atom stereocenters. The van der Waals surface area contributed by atoms with Gasteiger partial charge in [-0.1, -0.05) is 18.2 Å². The molecule has 2 aromatic rings. The number of hydrogen-bond donors (Lipinski definition) is 0. The van der Waals surface area contributed by atoms with Gasteiger partial charge in [0.1, 0.15) is 11.0 Å². The number of nitrogens with zero attached hydrogens (tertiary/aromatic N) is 2. The largest absolute Gasteiger partial charge is 0.454 e. The van der Waals surface area contributed by atoms with Crippen molar-refractivity contribution in [1.82, 2.24) is 0 Å². The molecule has 9 heteroatoms. The minimum absolute atomic E-state index is 0.0645. The van der Waals surface area contributed by atoms with Gasteiger partial charge in [0.15, 0.2) is 11.5 Å². The molecular formula is C16H10N2O6S. The first kappa shape index (κ1) is 16.5. The smallest absolute Gasteiger partial charge is 0.280 e. The van der Waals surface area contributed by atoms with E-state index in [2.05, 4.69) is 0 Å². The molecule has 0 spiro atoms.